The largest absolute Gasteiger partial charge is 0.247 e. The van der Waals surface area contributed by atoms with Crippen LogP contribution in [0.5, 0.6) is 0 Å². The molecular formula is C28H20BrN. The van der Waals surface area contributed by atoms with Crippen molar-refractivity contribution in [1.82, 2.24) is 4.98 Å². The molecule has 0 saturated carbocycles. The third-order valence-corrected chi connectivity index (χ3v) is 6.77. The van der Waals surface area contributed by atoms with Crippen LogP contribution in [-0.4, -0.2) is 4.98 Å². The highest BCUT2D eigenvalue weighted by atomic mass is 79.9. The van der Waals surface area contributed by atoms with Crippen LogP contribution in [0.4, 0.5) is 0 Å². The van der Waals surface area contributed by atoms with E-state index in [9.17, 15) is 0 Å². The maximum absolute atomic E-state index is 5.18. The molecule has 0 radical (unpaired) electrons. The number of fused-ring (bicyclic) bond motifs is 8. The van der Waals surface area contributed by atoms with Crippen LogP contribution in [-0.2, 0) is 6.42 Å². The fourth-order valence-corrected chi connectivity index (χ4v) is 5.15. The lowest BCUT2D eigenvalue weighted by atomic mass is 9.82. The normalized spacial score (nSPS) is 15.7. The minimum atomic E-state index is 0.553. The van der Waals surface area contributed by atoms with Crippen LogP contribution in [0.2, 0.25) is 0 Å². The Balaban J connectivity index is 1.90. The van der Waals surface area contributed by atoms with Gasteiger partial charge in [-0.3, -0.25) is 0 Å². The summed E-state index contributed by atoms with van der Waals surface area (Å²) in [5.74, 6) is 0.553. The molecule has 0 fully saturated rings. The Kier molecular flexibility index (Phi) is 4.04. The quantitative estimate of drug-likeness (QED) is 0.235. The standard InChI is InChI=1S/C28H20BrN/c1-17-10-15-22-24(16-17)20-6-2-3-7-21(20)27-26(22)23-8-4-5-9-25(23)30-28(27)18-11-13-19(29)14-12-18/h2-15,17H,16H2,1H3. The zero-order chi connectivity index (χ0) is 20.2. The van der Waals surface area contributed by atoms with E-state index < -0.39 is 0 Å². The number of rotatable bonds is 1. The predicted molar refractivity (Wildman–Crippen MR) is 132 cm³/mol. The predicted octanol–water partition coefficient (Wildman–Crippen LogP) is 8.18. The number of nitrogens with zero attached hydrogens (tertiary/aromatic N) is 1. The lowest BCUT2D eigenvalue weighted by Crippen LogP contribution is -2.06. The molecule has 6 rings (SSSR count). The summed E-state index contributed by atoms with van der Waals surface area (Å²) in [4.78, 5) is 5.18. The molecule has 0 spiro atoms. The molecule has 4 aromatic carbocycles. The summed E-state index contributed by atoms with van der Waals surface area (Å²) in [7, 11) is 0. The molecule has 0 amide bonds. The van der Waals surface area contributed by atoms with Crippen LogP contribution in [0.3, 0.4) is 0 Å². The molecule has 0 N–H and O–H groups in total. The second kappa shape index (κ2) is 6.78. The number of pyridine rings is 1. The minimum Gasteiger partial charge on any atom is -0.247 e. The van der Waals surface area contributed by atoms with Gasteiger partial charge in [0.25, 0.3) is 0 Å². The van der Waals surface area contributed by atoms with Gasteiger partial charge in [-0.2, -0.15) is 0 Å². The van der Waals surface area contributed by atoms with E-state index in [2.05, 4.69) is 108 Å². The minimum absolute atomic E-state index is 0.553. The summed E-state index contributed by atoms with van der Waals surface area (Å²) in [6.45, 7) is 2.30. The Bertz CT molecular complexity index is 1480. The summed E-state index contributed by atoms with van der Waals surface area (Å²) in [6, 6.07) is 25.9. The van der Waals surface area contributed by atoms with Crippen LogP contribution in [0.1, 0.15) is 18.1 Å². The monoisotopic (exact) mass is 449 g/mol. The van der Waals surface area contributed by atoms with Crippen molar-refractivity contribution in [3.63, 3.8) is 0 Å². The van der Waals surface area contributed by atoms with Crippen LogP contribution in [0.25, 0.3) is 49.8 Å². The third kappa shape index (κ3) is 2.64. The zero-order valence-electron chi connectivity index (χ0n) is 16.7. The van der Waals surface area contributed by atoms with Crippen LogP contribution in [0, 0.1) is 5.92 Å². The number of halogens is 1. The van der Waals surface area contributed by atoms with Gasteiger partial charge in [-0.15, -0.1) is 0 Å². The molecule has 0 saturated heterocycles. The smallest absolute Gasteiger partial charge is 0.0794 e. The van der Waals surface area contributed by atoms with Gasteiger partial charge in [0.15, 0.2) is 0 Å². The molecule has 0 bridgehead atoms. The van der Waals surface area contributed by atoms with Crippen LogP contribution in [0.15, 0.2) is 83.3 Å². The highest BCUT2D eigenvalue weighted by Gasteiger charge is 2.22. The molecule has 1 aliphatic rings. The number of benzene rings is 4. The lowest BCUT2D eigenvalue weighted by molar-refractivity contribution is 0.722. The van der Waals surface area contributed by atoms with E-state index in [1.165, 1.54) is 38.1 Å². The van der Waals surface area contributed by atoms with E-state index >= 15 is 0 Å². The second-order valence-electron chi connectivity index (χ2n) is 8.21. The van der Waals surface area contributed by atoms with Gasteiger partial charge in [0.2, 0.25) is 0 Å². The van der Waals surface area contributed by atoms with Crippen molar-refractivity contribution in [2.45, 2.75) is 13.3 Å². The first kappa shape index (κ1) is 17.9. The van der Waals surface area contributed by atoms with Gasteiger partial charge in [-0.25, -0.2) is 4.98 Å². The molecule has 144 valence electrons. The summed E-state index contributed by atoms with van der Waals surface area (Å²) < 4.78 is 1.08. The van der Waals surface area contributed by atoms with Crippen molar-refractivity contribution in [1.29, 1.82) is 0 Å². The van der Waals surface area contributed by atoms with Gasteiger partial charge in [-0.05, 0) is 52.4 Å². The van der Waals surface area contributed by atoms with Crippen LogP contribution >= 0.6 is 15.9 Å². The van der Waals surface area contributed by atoms with Crippen molar-refractivity contribution >= 4 is 54.5 Å². The molecule has 5 aromatic rings. The van der Waals surface area contributed by atoms with Gasteiger partial charge < -0.3 is 0 Å². The van der Waals surface area contributed by atoms with Gasteiger partial charge >= 0.3 is 0 Å². The highest BCUT2D eigenvalue weighted by Crippen LogP contribution is 2.43. The van der Waals surface area contributed by atoms with Crippen LogP contribution < -0.4 is 0 Å². The van der Waals surface area contributed by atoms with Gasteiger partial charge in [0, 0.05) is 26.2 Å². The van der Waals surface area contributed by atoms with E-state index in [0.717, 1.165) is 27.7 Å². The highest BCUT2D eigenvalue weighted by molar-refractivity contribution is 9.10. The summed E-state index contributed by atoms with van der Waals surface area (Å²) in [6.07, 6.45) is 5.77. The van der Waals surface area contributed by atoms with Crippen molar-refractivity contribution in [3.05, 3.63) is 94.5 Å². The average Bonchev–Trinajstić information content (AvgIpc) is 2.79. The summed E-state index contributed by atoms with van der Waals surface area (Å²) >= 11 is 3.57. The molecule has 1 unspecified atom stereocenters. The van der Waals surface area contributed by atoms with E-state index in [4.69, 9.17) is 4.98 Å². The molecule has 30 heavy (non-hydrogen) atoms. The number of aromatic nitrogens is 1. The second-order valence-corrected chi connectivity index (χ2v) is 9.13. The fraction of sp³-hybridized carbons (Fsp3) is 0.107. The van der Waals surface area contributed by atoms with E-state index in [1.807, 2.05) is 0 Å². The number of hydrogen-bond donors (Lipinski definition) is 0. The Morgan fingerprint density at radius 1 is 0.800 bits per heavy atom. The van der Waals surface area contributed by atoms with Gasteiger partial charge in [0.05, 0.1) is 11.2 Å². The van der Waals surface area contributed by atoms with Crippen molar-refractivity contribution in [2.24, 2.45) is 5.92 Å². The Labute approximate surface area is 184 Å². The van der Waals surface area contributed by atoms with Crippen molar-refractivity contribution in [2.75, 3.05) is 0 Å². The maximum atomic E-state index is 5.18. The van der Waals surface area contributed by atoms with E-state index in [-0.39, 0.29) is 0 Å². The Hall–Kier alpha value is -2.97. The number of para-hydroxylation sites is 1. The van der Waals surface area contributed by atoms with Gasteiger partial charge in [-0.1, -0.05) is 89.6 Å². The van der Waals surface area contributed by atoms with Crippen molar-refractivity contribution in [3.8, 4) is 11.3 Å². The number of hydrogen-bond acceptors (Lipinski definition) is 1. The molecular weight excluding hydrogens is 430 g/mol. The number of allylic oxidation sites excluding steroid dienone is 1. The molecule has 1 atom stereocenters. The Morgan fingerprint density at radius 2 is 1.50 bits per heavy atom. The molecule has 1 aromatic heterocycles. The summed E-state index contributed by atoms with van der Waals surface area (Å²) in [5.41, 5.74) is 6.08. The molecule has 0 aliphatic heterocycles. The van der Waals surface area contributed by atoms with Crippen molar-refractivity contribution < 1.29 is 0 Å². The third-order valence-electron chi connectivity index (χ3n) is 6.24. The summed E-state index contributed by atoms with van der Waals surface area (Å²) in [5, 5.41) is 6.46. The molecule has 1 heterocycles. The zero-order valence-corrected chi connectivity index (χ0v) is 18.3. The maximum Gasteiger partial charge on any atom is 0.0794 e. The SMILES string of the molecule is CC1C=Cc2c(c3ccccc3c3c(-c4ccc(Br)cc4)nc4ccccc4c23)C1. The first-order valence-electron chi connectivity index (χ1n) is 10.4. The van der Waals surface area contributed by atoms with E-state index in [1.54, 1.807) is 0 Å². The average molecular weight is 450 g/mol. The molecule has 1 aliphatic carbocycles. The molecule has 2 heteroatoms. The lowest BCUT2D eigenvalue weighted by Gasteiger charge is -2.23. The Morgan fingerprint density at radius 3 is 2.30 bits per heavy atom. The van der Waals surface area contributed by atoms with E-state index in [0.29, 0.717) is 5.92 Å². The molecule has 1 nitrogen and oxygen atoms in total. The topological polar surface area (TPSA) is 12.9 Å². The first-order chi connectivity index (χ1) is 14.7. The first-order valence-corrected chi connectivity index (χ1v) is 11.2. The fourth-order valence-electron chi connectivity index (χ4n) is 4.89. The van der Waals surface area contributed by atoms with Gasteiger partial charge in [0.1, 0.15) is 0 Å².